The summed E-state index contributed by atoms with van der Waals surface area (Å²) in [7, 11) is -14.8. The molecule has 2 atom stereocenters. The fourth-order valence-electron chi connectivity index (χ4n) is 2.58. The van der Waals surface area contributed by atoms with Crippen molar-refractivity contribution in [3.8, 4) is 0 Å². The summed E-state index contributed by atoms with van der Waals surface area (Å²) >= 11 is 0. The van der Waals surface area contributed by atoms with Crippen LogP contribution in [0.3, 0.4) is 0 Å². The molecule has 2 unspecified atom stereocenters. The van der Waals surface area contributed by atoms with E-state index in [1.165, 1.54) is 0 Å². The first-order chi connectivity index (χ1) is 9.11. The van der Waals surface area contributed by atoms with Gasteiger partial charge in [0.25, 0.3) is 17.7 Å². The Morgan fingerprint density at radius 2 is 1.35 bits per heavy atom. The summed E-state index contributed by atoms with van der Waals surface area (Å²) in [5.41, 5.74) is 0. The molecule has 0 saturated carbocycles. The van der Waals surface area contributed by atoms with E-state index in [0.29, 0.717) is 13.2 Å². The molecule has 0 aliphatic carbocycles. The Hall–Kier alpha value is -0.230. The Balaban J connectivity index is 2.09. The number of rotatable bonds is 4. The zero-order chi connectivity index (χ0) is 14.8. The third-order valence-electron chi connectivity index (χ3n) is 3.92. The maximum absolute atomic E-state index is 12.4. The van der Waals surface area contributed by atoms with E-state index in [4.69, 9.17) is 9.47 Å². The number of hydrogen-bond donors (Lipinski definition) is 0. The number of epoxide rings is 2. The van der Waals surface area contributed by atoms with Crippen molar-refractivity contribution in [2.45, 2.75) is 36.2 Å². The molecule has 0 aromatic carbocycles. The third-order valence-corrected chi connectivity index (χ3v) is 15.9. The predicted octanol–water partition coefficient (Wildman–Crippen LogP) is -1.22. The Morgan fingerprint density at radius 1 is 0.900 bits per heavy atom. The first kappa shape index (κ1) is 14.7. The first-order valence-corrected chi connectivity index (χ1v) is 11.7. The van der Waals surface area contributed by atoms with Crippen LogP contribution in [0.25, 0.3) is 0 Å². The van der Waals surface area contributed by atoms with Gasteiger partial charge in [0.2, 0.25) is 0 Å². The number of ether oxygens (including phenoxy) is 2. The highest BCUT2D eigenvalue weighted by molar-refractivity contribution is 8.99. The lowest BCUT2D eigenvalue weighted by molar-refractivity contribution is 0.314. The van der Waals surface area contributed by atoms with Crippen molar-refractivity contribution >= 4 is 25.6 Å². The summed E-state index contributed by atoms with van der Waals surface area (Å²) in [5.74, 6) is -0.673. The van der Waals surface area contributed by atoms with Gasteiger partial charge in [-0.15, -0.1) is 0 Å². The van der Waals surface area contributed by atoms with Crippen LogP contribution >= 0.6 is 0 Å². The smallest absolute Gasteiger partial charge is 0.358 e. The molecular formula is C9H14O8S3. The highest BCUT2D eigenvalue weighted by atomic mass is 33.6. The predicted molar refractivity (Wildman–Crippen MR) is 67.7 cm³/mol. The van der Waals surface area contributed by atoms with E-state index in [0.717, 1.165) is 0 Å². The zero-order valence-electron chi connectivity index (χ0n) is 10.4. The van der Waals surface area contributed by atoms with Crippen LogP contribution in [0, 0.1) is 0 Å². The minimum atomic E-state index is -5.25. The van der Waals surface area contributed by atoms with Crippen molar-refractivity contribution in [3.63, 3.8) is 0 Å². The second kappa shape index (κ2) is 4.15. The molecule has 0 aromatic heterocycles. The van der Waals surface area contributed by atoms with Crippen molar-refractivity contribution < 1.29 is 34.7 Å². The second-order valence-corrected chi connectivity index (χ2v) is 15.6. The monoisotopic (exact) mass is 346 g/mol. The molecule has 3 aliphatic rings. The molecule has 3 rings (SSSR count). The van der Waals surface area contributed by atoms with Gasteiger partial charge in [-0.1, -0.05) is 0 Å². The fraction of sp³-hybridized carbons (Fsp3) is 1.00. The van der Waals surface area contributed by atoms with E-state index < -0.39 is 36.1 Å². The van der Waals surface area contributed by atoms with Crippen LogP contribution in [0.5, 0.6) is 0 Å². The second-order valence-electron chi connectivity index (χ2n) is 5.38. The molecular weight excluding hydrogens is 332 g/mol. The van der Waals surface area contributed by atoms with Crippen molar-refractivity contribution in [1.82, 2.24) is 0 Å². The summed E-state index contributed by atoms with van der Waals surface area (Å²) < 4.78 is 80.2. The lowest BCUT2D eigenvalue weighted by atomic mass is 9.94. The quantitative estimate of drug-likeness (QED) is 0.458. The molecule has 8 nitrogen and oxygen atoms in total. The van der Waals surface area contributed by atoms with Crippen LogP contribution in [0.1, 0.15) is 19.3 Å². The Bertz CT molecular complexity index is 710. The molecule has 0 amide bonds. The summed E-state index contributed by atoms with van der Waals surface area (Å²) in [6.45, 7) is 0.741. The molecule has 3 aliphatic heterocycles. The minimum absolute atomic E-state index is 0.00391. The average molecular weight is 346 g/mol. The Labute approximate surface area is 116 Å². The molecule has 0 bridgehead atoms. The maximum atomic E-state index is 12.4. The molecule has 3 heterocycles. The summed E-state index contributed by atoms with van der Waals surface area (Å²) in [6.07, 6.45) is -0.858. The van der Waals surface area contributed by atoms with Gasteiger partial charge in [0.1, 0.15) is 0 Å². The van der Waals surface area contributed by atoms with E-state index in [2.05, 4.69) is 0 Å². The Kier molecular flexibility index (Phi) is 3.05. The van der Waals surface area contributed by atoms with Gasteiger partial charge in [-0.3, -0.25) is 0 Å². The van der Waals surface area contributed by atoms with Crippen molar-refractivity contribution in [2.75, 3.05) is 19.0 Å². The largest absolute Gasteiger partial charge is 0.373 e. The topological polar surface area (TPSA) is 127 Å². The first-order valence-electron chi connectivity index (χ1n) is 6.07. The Morgan fingerprint density at radius 3 is 1.75 bits per heavy atom. The molecule has 0 aromatic rings. The van der Waals surface area contributed by atoms with Crippen LogP contribution < -0.4 is 0 Å². The van der Waals surface area contributed by atoms with E-state index in [9.17, 15) is 25.3 Å². The molecule has 3 saturated heterocycles. The molecule has 20 heavy (non-hydrogen) atoms. The van der Waals surface area contributed by atoms with Crippen molar-refractivity contribution in [1.29, 1.82) is 0 Å². The summed E-state index contributed by atoms with van der Waals surface area (Å²) in [6, 6.07) is 0. The minimum Gasteiger partial charge on any atom is -0.373 e. The molecule has 116 valence electrons. The zero-order valence-corrected chi connectivity index (χ0v) is 12.8. The summed E-state index contributed by atoms with van der Waals surface area (Å²) in [5, 5.41) is 0. The standard InChI is InChI=1S/C9H14O8S3/c10-18(11)2-1-9(3-7-5-16-7,4-8-6-17-8)19(12,13)20(18,14)15/h7-8H,1-6H2. The maximum Gasteiger partial charge on any atom is 0.358 e. The third kappa shape index (κ3) is 2.02. The highest BCUT2D eigenvalue weighted by Gasteiger charge is 2.63. The van der Waals surface area contributed by atoms with E-state index >= 15 is 0 Å². The van der Waals surface area contributed by atoms with E-state index in [-0.39, 0.29) is 31.5 Å². The van der Waals surface area contributed by atoms with Crippen LogP contribution in [0.15, 0.2) is 0 Å². The van der Waals surface area contributed by atoms with Gasteiger partial charge in [-0.25, -0.2) is 16.8 Å². The van der Waals surface area contributed by atoms with Gasteiger partial charge in [0.15, 0.2) is 0 Å². The lowest BCUT2D eigenvalue weighted by Crippen LogP contribution is -2.52. The molecule has 0 radical (unpaired) electrons. The molecule has 3 fully saturated rings. The average Bonchev–Trinajstić information content (AvgIpc) is 3.19. The molecule has 11 heteroatoms. The van der Waals surface area contributed by atoms with Gasteiger partial charge in [-0.2, -0.15) is 8.42 Å². The van der Waals surface area contributed by atoms with Crippen LogP contribution in [0.4, 0.5) is 0 Å². The van der Waals surface area contributed by atoms with Crippen molar-refractivity contribution in [3.05, 3.63) is 0 Å². The normalized spacial score (nSPS) is 43.8. The molecule has 0 N–H and O–H groups in total. The van der Waals surface area contributed by atoms with Gasteiger partial charge < -0.3 is 9.47 Å². The summed E-state index contributed by atoms with van der Waals surface area (Å²) in [4.78, 5) is 0. The SMILES string of the molecule is O=S1(=O)CCC(CC2CO2)(CC2CO2)S(=O)(=O)S1(=O)=O. The lowest BCUT2D eigenvalue weighted by Gasteiger charge is -2.34. The fourth-order valence-corrected chi connectivity index (χ4v) is 13.4. The van der Waals surface area contributed by atoms with Crippen LogP contribution in [-0.4, -0.2) is 61.2 Å². The van der Waals surface area contributed by atoms with Gasteiger partial charge in [0.05, 0.1) is 35.9 Å². The van der Waals surface area contributed by atoms with Gasteiger partial charge in [-0.05, 0) is 19.3 Å². The molecule has 0 spiro atoms. The van der Waals surface area contributed by atoms with Gasteiger partial charge >= 0.3 is 7.90 Å². The number of hydrogen-bond acceptors (Lipinski definition) is 8. The highest BCUT2D eigenvalue weighted by Crippen LogP contribution is 2.46. The van der Waals surface area contributed by atoms with E-state index in [1.54, 1.807) is 0 Å². The van der Waals surface area contributed by atoms with Crippen LogP contribution in [-0.2, 0) is 35.1 Å². The van der Waals surface area contributed by atoms with Gasteiger partial charge in [0, 0.05) is 0 Å². The van der Waals surface area contributed by atoms with Crippen LogP contribution in [0.2, 0.25) is 0 Å². The van der Waals surface area contributed by atoms with E-state index in [1.807, 2.05) is 0 Å². The van der Waals surface area contributed by atoms with Crippen molar-refractivity contribution in [2.24, 2.45) is 0 Å².